The smallest absolute Gasteiger partial charge is 0.270 e. The molecule has 1 N–H and O–H groups in total. The van der Waals surface area contributed by atoms with Crippen molar-refractivity contribution in [3.8, 4) is 0 Å². The number of aryl methyl sites for hydroxylation is 1. The highest BCUT2D eigenvalue weighted by Gasteiger charge is 2.15. The summed E-state index contributed by atoms with van der Waals surface area (Å²) in [4.78, 5) is 16.0. The quantitative estimate of drug-likeness (QED) is 0.869. The molecular formula is C13H14ClN3O3S. The molecule has 0 saturated carbocycles. The summed E-state index contributed by atoms with van der Waals surface area (Å²) in [5, 5.41) is 2.82. The highest BCUT2D eigenvalue weighted by molar-refractivity contribution is 8.13. The summed E-state index contributed by atoms with van der Waals surface area (Å²) in [6.45, 7) is 1.80. The first-order valence-corrected chi connectivity index (χ1v) is 8.42. The lowest BCUT2D eigenvalue weighted by atomic mass is 10.1. The molecule has 0 spiro atoms. The lowest BCUT2D eigenvalue weighted by Crippen LogP contribution is -2.28. The van der Waals surface area contributed by atoms with E-state index in [1.54, 1.807) is 37.0 Å². The number of imidazole rings is 1. The fraction of sp³-hybridized carbons (Fsp3) is 0.231. The number of hydrogen-bond acceptors (Lipinski definition) is 4. The fourth-order valence-corrected chi connectivity index (χ4v) is 2.62. The van der Waals surface area contributed by atoms with Crippen molar-refractivity contribution in [1.82, 2.24) is 14.9 Å². The van der Waals surface area contributed by atoms with E-state index in [9.17, 15) is 13.2 Å². The highest BCUT2D eigenvalue weighted by Crippen LogP contribution is 2.19. The van der Waals surface area contributed by atoms with Gasteiger partial charge in [-0.15, -0.1) is 0 Å². The molecule has 112 valence electrons. The Bertz CT molecular complexity index is 753. The average molecular weight is 328 g/mol. The van der Waals surface area contributed by atoms with Gasteiger partial charge in [0.15, 0.2) is 0 Å². The molecule has 0 aliphatic carbocycles. The number of benzene rings is 1. The molecule has 1 aromatic heterocycles. The minimum Gasteiger partial charge on any atom is -0.344 e. The van der Waals surface area contributed by atoms with Crippen LogP contribution in [-0.2, 0) is 16.1 Å². The third-order valence-corrected chi connectivity index (χ3v) is 4.43. The lowest BCUT2D eigenvalue weighted by Gasteiger charge is -2.14. The zero-order chi connectivity index (χ0) is 15.6. The summed E-state index contributed by atoms with van der Waals surface area (Å²) in [6, 6.07) is 5.77. The van der Waals surface area contributed by atoms with E-state index < -0.39 is 9.05 Å². The van der Waals surface area contributed by atoms with Crippen LogP contribution in [0.25, 0.3) is 0 Å². The molecule has 0 bridgehead atoms. The first-order valence-electron chi connectivity index (χ1n) is 6.11. The van der Waals surface area contributed by atoms with Gasteiger partial charge < -0.3 is 9.88 Å². The second-order valence-electron chi connectivity index (χ2n) is 4.59. The standard InChI is InChI=1S/C13H14ClN3O3S/c1-9(16-13(18)12-7-15-8-17(12)2)10-3-5-11(6-4-10)21(14,19)20/h3-9H,1-2H3,(H,16,18). The van der Waals surface area contributed by atoms with E-state index in [0.717, 1.165) is 5.56 Å². The molecule has 1 amide bonds. The third-order valence-electron chi connectivity index (χ3n) is 3.06. The summed E-state index contributed by atoms with van der Waals surface area (Å²) in [5.41, 5.74) is 1.22. The molecule has 21 heavy (non-hydrogen) atoms. The monoisotopic (exact) mass is 327 g/mol. The molecular weight excluding hydrogens is 314 g/mol. The molecule has 0 radical (unpaired) electrons. The van der Waals surface area contributed by atoms with Gasteiger partial charge in [-0.25, -0.2) is 13.4 Å². The molecule has 1 atom stereocenters. The number of aromatic nitrogens is 2. The van der Waals surface area contributed by atoms with Gasteiger partial charge in [0, 0.05) is 17.7 Å². The molecule has 0 aliphatic heterocycles. The van der Waals surface area contributed by atoms with E-state index >= 15 is 0 Å². The van der Waals surface area contributed by atoms with E-state index in [1.807, 2.05) is 0 Å². The predicted octanol–water partition coefficient (Wildman–Crippen LogP) is 1.84. The molecule has 1 unspecified atom stereocenters. The Morgan fingerprint density at radius 1 is 1.33 bits per heavy atom. The average Bonchev–Trinajstić information content (AvgIpc) is 2.84. The highest BCUT2D eigenvalue weighted by atomic mass is 35.7. The Hall–Kier alpha value is -1.86. The van der Waals surface area contributed by atoms with Gasteiger partial charge in [0.25, 0.3) is 15.0 Å². The van der Waals surface area contributed by atoms with Gasteiger partial charge in [0.1, 0.15) is 5.69 Å². The molecule has 2 rings (SSSR count). The largest absolute Gasteiger partial charge is 0.344 e. The van der Waals surface area contributed by atoms with Crippen molar-refractivity contribution < 1.29 is 13.2 Å². The van der Waals surface area contributed by atoms with Crippen molar-refractivity contribution in [2.45, 2.75) is 17.9 Å². The Morgan fingerprint density at radius 3 is 2.43 bits per heavy atom. The predicted molar refractivity (Wildman–Crippen MR) is 78.6 cm³/mol. The summed E-state index contributed by atoms with van der Waals surface area (Å²) >= 11 is 0. The van der Waals surface area contributed by atoms with Crippen molar-refractivity contribution in [2.75, 3.05) is 0 Å². The van der Waals surface area contributed by atoms with Gasteiger partial charge >= 0.3 is 0 Å². The Labute approximate surface area is 127 Å². The van der Waals surface area contributed by atoms with Crippen LogP contribution in [0, 0.1) is 0 Å². The lowest BCUT2D eigenvalue weighted by molar-refractivity contribution is 0.0931. The Morgan fingerprint density at radius 2 is 1.95 bits per heavy atom. The Balaban J connectivity index is 2.12. The number of carbonyl (C=O) groups is 1. The van der Waals surface area contributed by atoms with Gasteiger partial charge in [0.2, 0.25) is 0 Å². The maximum atomic E-state index is 12.0. The van der Waals surface area contributed by atoms with Gasteiger partial charge in [-0.1, -0.05) is 12.1 Å². The van der Waals surface area contributed by atoms with Crippen molar-refractivity contribution in [2.24, 2.45) is 7.05 Å². The summed E-state index contributed by atoms with van der Waals surface area (Å²) in [5.74, 6) is -0.253. The van der Waals surface area contributed by atoms with Crippen LogP contribution < -0.4 is 5.32 Å². The molecule has 1 heterocycles. The van der Waals surface area contributed by atoms with E-state index in [0.29, 0.717) is 5.69 Å². The summed E-state index contributed by atoms with van der Waals surface area (Å²) < 4.78 is 24.0. The van der Waals surface area contributed by atoms with Crippen LogP contribution in [0.2, 0.25) is 0 Å². The zero-order valence-corrected chi connectivity index (χ0v) is 13.0. The second kappa shape index (κ2) is 5.87. The van der Waals surface area contributed by atoms with Gasteiger partial charge in [-0.2, -0.15) is 0 Å². The maximum Gasteiger partial charge on any atom is 0.270 e. The molecule has 6 nitrogen and oxygen atoms in total. The minimum atomic E-state index is -3.74. The Kier molecular flexibility index (Phi) is 4.34. The number of hydrogen-bond donors (Lipinski definition) is 1. The molecule has 8 heteroatoms. The van der Waals surface area contributed by atoms with Crippen molar-refractivity contribution in [3.05, 3.63) is 48.0 Å². The SMILES string of the molecule is CC(NC(=O)c1cncn1C)c1ccc(S(=O)(=O)Cl)cc1. The van der Waals surface area contributed by atoms with E-state index in [4.69, 9.17) is 10.7 Å². The first-order chi connectivity index (χ1) is 9.79. The van der Waals surface area contributed by atoms with Crippen molar-refractivity contribution >= 4 is 25.6 Å². The third kappa shape index (κ3) is 3.62. The van der Waals surface area contributed by atoms with E-state index in [1.165, 1.54) is 18.3 Å². The van der Waals surface area contributed by atoms with Gasteiger partial charge in [-0.3, -0.25) is 4.79 Å². The fourth-order valence-electron chi connectivity index (χ4n) is 1.85. The van der Waals surface area contributed by atoms with Gasteiger partial charge in [-0.05, 0) is 24.6 Å². The van der Waals surface area contributed by atoms with Crippen molar-refractivity contribution in [3.63, 3.8) is 0 Å². The van der Waals surface area contributed by atoms with E-state index in [-0.39, 0.29) is 16.8 Å². The van der Waals surface area contributed by atoms with Crippen LogP contribution in [0.15, 0.2) is 41.7 Å². The normalized spacial score (nSPS) is 12.9. The van der Waals surface area contributed by atoms with E-state index in [2.05, 4.69) is 10.3 Å². The van der Waals surface area contributed by atoms with Crippen LogP contribution in [0.5, 0.6) is 0 Å². The molecule has 1 aromatic carbocycles. The molecule has 0 saturated heterocycles. The van der Waals surface area contributed by atoms with Crippen LogP contribution in [0.1, 0.15) is 29.0 Å². The number of nitrogens with one attached hydrogen (secondary N) is 1. The zero-order valence-electron chi connectivity index (χ0n) is 11.4. The second-order valence-corrected chi connectivity index (χ2v) is 7.16. The number of halogens is 1. The molecule has 2 aromatic rings. The van der Waals surface area contributed by atoms with Crippen LogP contribution in [0.3, 0.4) is 0 Å². The van der Waals surface area contributed by atoms with Gasteiger partial charge in [0.05, 0.1) is 23.5 Å². The summed E-state index contributed by atoms with van der Waals surface area (Å²) in [6.07, 6.45) is 3.02. The maximum absolute atomic E-state index is 12.0. The van der Waals surface area contributed by atoms with Crippen LogP contribution >= 0.6 is 10.7 Å². The molecule has 0 aliphatic rings. The molecule has 0 fully saturated rings. The van der Waals surface area contributed by atoms with Crippen LogP contribution in [-0.4, -0.2) is 23.9 Å². The number of rotatable bonds is 4. The first kappa shape index (κ1) is 15.5. The minimum absolute atomic E-state index is 0.0260. The summed E-state index contributed by atoms with van der Waals surface area (Å²) in [7, 11) is 3.25. The van der Waals surface area contributed by atoms with Crippen LogP contribution in [0.4, 0.5) is 0 Å². The number of carbonyl (C=O) groups excluding carboxylic acids is 1. The van der Waals surface area contributed by atoms with Crippen molar-refractivity contribution in [1.29, 1.82) is 0 Å². The number of amides is 1. The topological polar surface area (TPSA) is 81.1 Å². The number of nitrogens with zero attached hydrogens (tertiary/aromatic N) is 2.